The predicted octanol–water partition coefficient (Wildman–Crippen LogP) is 3.61. The standard InChI is InChI=1S/C17H24N2O/c1-4-19-17(12-18)9-8-16(11-17)20-15-7-5-6-14(10-15)13(2)3/h5-7,10,13,16,19H,4,8-9,11H2,1-3H3. The van der Waals surface area contributed by atoms with Crippen molar-refractivity contribution in [2.45, 2.75) is 57.6 Å². The summed E-state index contributed by atoms with van der Waals surface area (Å²) in [6.45, 7) is 7.23. The number of rotatable bonds is 5. The fourth-order valence-corrected chi connectivity index (χ4v) is 2.88. The minimum absolute atomic E-state index is 0.135. The first kappa shape index (κ1) is 14.9. The largest absolute Gasteiger partial charge is 0.490 e. The van der Waals surface area contributed by atoms with Crippen LogP contribution in [0.5, 0.6) is 5.75 Å². The summed E-state index contributed by atoms with van der Waals surface area (Å²) < 4.78 is 6.08. The predicted molar refractivity (Wildman–Crippen MR) is 80.8 cm³/mol. The monoisotopic (exact) mass is 272 g/mol. The SMILES string of the molecule is CCNC1(C#N)CCC(Oc2cccc(C(C)C)c2)C1. The van der Waals surface area contributed by atoms with E-state index in [0.717, 1.165) is 31.6 Å². The van der Waals surface area contributed by atoms with Crippen LogP contribution < -0.4 is 10.1 Å². The third-order valence-corrected chi connectivity index (χ3v) is 4.03. The van der Waals surface area contributed by atoms with Gasteiger partial charge in [0.2, 0.25) is 0 Å². The van der Waals surface area contributed by atoms with Crippen molar-refractivity contribution in [2.24, 2.45) is 0 Å². The normalized spacial score (nSPS) is 25.6. The summed E-state index contributed by atoms with van der Waals surface area (Å²) in [6.07, 6.45) is 2.71. The number of nitrogens with zero attached hydrogens (tertiary/aromatic N) is 1. The molecule has 1 aliphatic carbocycles. The van der Waals surface area contributed by atoms with Crippen LogP contribution in [0.3, 0.4) is 0 Å². The number of hydrogen-bond donors (Lipinski definition) is 1. The molecule has 3 nitrogen and oxygen atoms in total. The molecule has 2 atom stereocenters. The molecule has 1 aromatic rings. The van der Waals surface area contributed by atoms with Crippen LogP contribution in [0.1, 0.15) is 51.5 Å². The highest BCUT2D eigenvalue weighted by Crippen LogP contribution is 2.33. The van der Waals surface area contributed by atoms with E-state index < -0.39 is 5.54 Å². The molecule has 2 unspecified atom stereocenters. The van der Waals surface area contributed by atoms with Crippen molar-refractivity contribution in [3.63, 3.8) is 0 Å². The second-order valence-corrected chi connectivity index (χ2v) is 5.93. The minimum Gasteiger partial charge on any atom is -0.490 e. The lowest BCUT2D eigenvalue weighted by molar-refractivity contribution is 0.201. The molecular formula is C17H24N2O. The van der Waals surface area contributed by atoms with Crippen LogP contribution in [-0.4, -0.2) is 18.2 Å². The van der Waals surface area contributed by atoms with Gasteiger partial charge >= 0.3 is 0 Å². The maximum Gasteiger partial charge on any atom is 0.120 e. The fourth-order valence-electron chi connectivity index (χ4n) is 2.88. The Kier molecular flexibility index (Phi) is 4.67. The molecule has 3 heteroatoms. The molecule has 1 fully saturated rings. The van der Waals surface area contributed by atoms with Gasteiger partial charge in [0.1, 0.15) is 17.4 Å². The van der Waals surface area contributed by atoms with Gasteiger partial charge < -0.3 is 4.74 Å². The number of hydrogen-bond acceptors (Lipinski definition) is 3. The van der Waals surface area contributed by atoms with Crippen LogP contribution in [0.2, 0.25) is 0 Å². The summed E-state index contributed by atoms with van der Waals surface area (Å²) >= 11 is 0. The van der Waals surface area contributed by atoms with E-state index in [2.05, 4.69) is 37.4 Å². The van der Waals surface area contributed by atoms with Crippen LogP contribution >= 0.6 is 0 Å². The fraction of sp³-hybridized carbons (Fsp3) is 0.588. The van der Waals surface area contributed by atoms with Crippen molar-refractivity contribution >= 4 is 0 Å². The van der Waals surface area contributed by atoms with Crippen LogP contribution in [0.15, 0.2) is 24.3 Å². The molecule has 1 aliphatic rings. The summed E-state index contributed by atoms with van der Waals surface area (Å²) in [5.41, 5.74) is 0.897. The average molecular weight is 272 g/mol. The highest BCUT2D eigenvalue weighted by Gasteiger charge is 2.39. The molecule has 0 radical (unpaired) electrons. The van der Waals surface area contributed by atoms with Crippen molar-refractivity contribution in [1.82, 2.24) is 5.32 Å². The zero-order chi connectivity index (χ0) is 14.6. The van der Waals surface area contributed by atoms with Crippen LogP contribution in [0.4, 0.5) is 0 Å². The van der Waals surface area contributed by atoms with E-state index in [1.165, 1.54) is 5.56 Å². The van der Waals surface area contributed by atoms with Crippen molar-refractivity contribution in [3.05, 3.63) is 29.8 Å². The van der Waals surface area contributed by atoms with E-state index in [0.29, 0.717) is 5.92 Å². The molecule has 1 N–H and O–H groups in total. The molecule has 0 spiro atoms. The second kappa shape index (κ2) is 6.28. The van der Waals surface area contributed by atoms with Gasteiger partial charge in [-0.25, -0.2) is 0 Å². The molecule has 1 saturated carbocycles. The number of benzene rings is 1. The topological polar surface area (TPSA) is 45.0 Å². The van der Waals surface area contributed by atoms with Gasteiger partial charge in [0, 0.05) is 6.42 Å². The molecule has 0 saturated heterocycles. The maximum absolute atomic E-state index is 9.38. The number of nitriles is 1. The quantitative estimate of drug-likeness (QED) is 0.890. The lowest BCUT2D eigenvalue weighted by Crippen LogP contribution is -2.42. The molecule has 20 heavy (non-hydrogen) atoms. The van der Waals surface area contributed by atoms with E-state index in [1.54, 1.807) is 0 Å². The second-order valence-electron chi connectivity index (χ2n) is 5.93. The van der Waals surface area contributed by atoms with Crippen molar-refractivity contribution in [2.75, 3.05) is 6.54 Å². The molecule has 0 bridgehead atoms. The molecule has 2 rings (SSSR count). The van der Waals surface area contributed by atoms with Gasteiger partial charge in [0.25, 0.3) is 0 Å². The van der Waals surface area contributed by atoms with Crippen LogP contribution in [0, 0.1) is 11.3 Å². The van der Waals surface area contributed by atoms with Gasteiger partial charge in [0.05, 0.1) is 6.07 Å². The molecule has 0 aromatic heterocycles. The Balaban J connectivity index is 2.02. The smallest absolute Gasteiger partial charge is 0.120 e. The lowest BCUT2D eigenvalue weighted by Gasteiger charge is -2.22. The van der Waals surface area contributed by atoms with Gasteiger partial charge in [-0.2, -0.15) is 5.26 Å². The molecule has 0 heterocycles. The Morgan fingerprint density at radius 1 is 1.50 bits per heavy atom. The summed E-state index contributed by atoms with van der Waals surface area (Å²) in [7, 11) is 0. The Bertz CT molecular complexity index is 492. The van der Waals surface area contributed by atoms with Gasteiger partial charge in [-0.15, -0.1) is 0 Å². The van der Waals surface area contributed by atoms with Gasteiger partial charge in [-0.05, 0) is 43.0 Å². The number of ether oxygens (including phenoxy) is 1. The van der Waals surface area contributed by atoms with Gasteiger partial charge in [-0.1, -0.05) is 32.9 Å². The van der Waals surface area contributed by atoms with E-state index >= 15 is 0 Å². The van der Waals surface area contributed by atoms with Gasteiger partial charge in [0.15, 0.2) is 0 Å². The van der Waals surface area contributed by atoms with Crippen LogP contribution in [-0.2, 0) is 0 Å². The highest BCUT2D eigenvalue weighted by molar-refractivity contribution is 5.30. The van der Waals surface area contributed by atoms with Crippen molar-refractivity contribution < 1.29 is 4.74 Å². The zero-order valence-electron chi connectivity index (χ0n) is 12.6. The molecule has 108 valence electrons. The molecule has 0 aliphatic heterocycles. The van der Waals surface area contributed by atoms with E-state index in [1.807, 2.05) is 19.1 Å². The highest BCUT2D eigenvalue weighted by atomic mass is 16.5. The molecule has 1 aromatic carbocycles. The van der Waals surface area contributed by atoms with Gasteiger partial charge in [-0.3, -0.25) is 5.32 Å². The Labute approximate surface area is 121 Å². The first-order chi connectivity index (χ1) is 9.58. The zero-order valence-corrected chi connectivity index (χ0v) is 12.6. The molecular weight excluding hydrogens is 248 g/mol. The summed E-state index contributed by atoms with van der Waals surface area (Å²) in [5.74, 6) is 1.42. The van der Waals surface area contributed by atoms with E-state index in [4.69, 9.17) is 4.74 Å². The van der Waals surface area contributed by atoms with Crippen molar-refractivity contribution in [1.29, 1.82) is 5.26 Å². The number of nitrogens with one attached hydrogen (secondary N) is 1. The lowest BCUT2D eigenvalue weighted by atomic mass is 10.00. The van der Waals surface area contributed by atoms with Crippen molar-refractivity contribution in [3.8, 4) is 11.8 Å². The van der Waals surface area contributed by atoms with E-state index in [-0.39, 0.29) is 6.10 Å². The molecule has 0 amide bonds. The summed E-state index contributed by atoms with van der Waals surface area (Å²) in [5, 5.41) is 12.7. The first-order valence-corrected chi connectivity index (χ1v) is 7.51. The van der Waals surface area contributed by atoms with E-state index in [9.17, 15) is 5.26 Å². The summed E-state index contributed by atoms with van der Waals surface area (Å²) in [4.78, 5) is 0. The maximum atomic E-state index is 9.38. The third kappa shape index (κ3) is 3.32. The van der Waals surface area contributed by atoms with Crippen LogP contribution in [0.25, 0.3) is 0 Å². The average Bonchev–Trinajstić information content (AvgIpc) is 2.83. The third-order valence-electron chi connectivity index (χ3n) is 4.03. The Morgan fingerprint density at radius 2 is 2.30 bits per heavy atom. The Morgan fingerprint density at radius 3 is 2.95 bits per heavy atom. The first-order valence-electron chi connectivity index (χ1n) is 7.51. The Hall–Kier alpha value is -1.53. The minimum atomic E-state index is -0.394. The summed E-state index contributed by atoms with van der Waals surface area (Å²) in [6, 6.07) is 10.7.